The number of rotatable bonds is 10. The molecule has 16 nitrogen and oxygen atoms in total. The third kappa shape index (κ3) is 13.4. The predicted molar refractivity (Wildman–Crippen MR) is 239 cm³/mol. The van der Waals surface area contributed by atoms with E-state index >= 15 is 0 Å². The van der Waals surface area contributed by atoms with E-state index in [2.05, 4.69) is 26.6 Å². The third-order valence-corrected chi connectivity index (χ3v) is 11.2. The fraction of sp³-hybridized carbons (Fsp3) is 0.250. The Kier molecular flexibility index (Phi) is 15.9. The number of benzene rings is 4. The number of fused-ring (bicyclic) bond motifs is 18. The minimum absolute atomic E-state index is 0.0519. The highest BCUT2D eigenvalue weighted by atomic mass is 32.1. The van der Waals surface area contributed by atoms with Crippen molar-refractivity contribution in [2.45, 2.75) is 75.9 Å². The van der Waals surface area contributed by atoms with Gasteiger partial charge in [-0.05, 0) is 51.4 Å². The summed E-state index contributed by atoms with van der Waals surface area (Å²) in [4.78, 5) is 109. The second kappa shape index (κ2) is 22.1. The van der Waals surface area contributed by atoms with Gasteiger partial charge in [-0.2, -0.15) is 0 Å². The van der Waals surface area contributed by atoms with Crippen molar-refractivity contribution in [1.29, 1.82) is 0 Å². The molecular formula is C48H47N5O11S. The lowest BCUT2D eigenvalue weighted by molar-refractivity contribution is -0.173. The Morgan fingerprint density at radius 1 is 0.554 bits per heavy atom. The van der Waals surface area contributed by atoms with Gasteiger partial charge in [0.05, 0.1) is 0 Å². The molecule has 0 spiro atoms. The molecule has 7 rings (SSSR count). The Labute approximate surface area is 378 Å². The van der Waals surface area contributed by atoms with Crippen molar-refractivity contribution in [2.75, 3.05) is 5.32 Å². The van der Waals surface area contributed by atoms with Crippen LogP contribution in [-0.4, -0.2) is 88.9 Å². The standard InChI is InChI=1S/C48H47N5O11S/c1-28(54)63-41-42(64-29(2)55)47(60)52-39(27-36-14-9-23-65-36)45(58)51-38(25-31-15-19-34(20-16-31)33-12-7-4-8-13-33)43(56)50-37(24-30-10-5-3-6-11-30)44(57)53-40(48(61)62)26-32-17-21-35(22-18-32)49-46(41)59/h3-23,37-42H,24-27H2,1-2H3,(H,49,59)(H,50,56)(H,51,58)(H,52,60)(H,53,57)(H,61,62)/t37-,38+,39-,40+,41-,42-/m1/s1. The number of ether oxygens (including phenoxy) is 2. The van der Waals surface area contributed by atoms with Crippen LogP contribution >= 0.6 is 11.3 Å². The molecule has 1 aromatic heterocycles. The second-order valence-corrected chi connectivity index (χ2v) is 16.3. The van der Waals surface area contributed by atoms with Gasteiger partial charge in [0.15, 0.2) is 0 Å². The number of amides is 5. The van der Waals surface area contributed by atoms with Crippen LogP contribution in [0.25, 0.3) is 11.1 Å². The summed E-state index contributed by atoms with van der Waals surface area (Å²) >= 11 is 1.27. The average molecular weight is 902 g/mol. The molecule has 2 bridgehead atoms. The van der Waals surface area contributed by atoms with Crippen molar-refractivity contribution in [3.05, 3.63) is 148 Å². The van der Waals surface area contributed by atoms with Crippen molar-refractivity contribution in [3.63, 3.8) is 0 Å². The number of carbonyl (C=O) groups excluding carboxylic acids is 7. The van der Waals surface area contributed by atoms with Gasteiger partial charge >= 0.3 is 17.9 Å². The Morgan fingerprint density at radius 3 is 1.58 bits per heavy atom. The molecule has 0 saturated heterocycles. The van der Waals surface area contributed by atoms with E-state index in [-0.39, 0.29) is 31.4 Å². The average Bonchev–Trinajstić information content (AvgIpc) is 3.81. The maximum atomic E-state index is 14.6. The molecule has 0 fully saturated rings. The maximum absolute atomic E-state index is 14.6. The Hall–Kier alpha value is -7.66. The van der Waals surface area contributed by atoms with Gasteiger partial charge in [-0.3, -0.25) is 33.6 Å². The number of nitrogens with one attached hydrogen (secondary N) is 5. The van der Waals surface area contributed by atoms with Crippen LogP contribution < -0.4 is 26.6 Å². The highest BCUT2D eigenvalue weighted by Crippen LogP contribution is 2.21. The largest absolute Gasteiger partial charge is 0.480 e. The van der Waals surface area contributed by atoms with Crippen molar-refractivity contribution >= 4 is 64.5 Å². The molecule has 5 aromatic rings. The molecular weight excluding hydrogens is 855 g/mol. The topological polar surface area (TPSA) is 235 Å². The molecule has 6 N–H and O–H groups in total. The van der Waals surface area contributed by atoms with E-state index in [0.29, 0.717) is 21.6 Å². The lowest BCUT2D eigenvalue weighted by Crippen LogP contribution is -2.60. The summed E-state index contributed by atoms with van der Waals surface area (Å²) < 4.78 is 10.6. The summed E-state index contributed by atoms with van der Waals surface area (Å²) in [6.45, 7) is 1.97. The number of esters is 2. The molecule has 17 heteroatoms. The zero-order valence-corrected chi connectivity index (χ0v) is 36.2. The van der Waals surface area contributed by atoms with Gasteiger partial charge in [-0.15, -0.1) is 11.3 Å². The van der Waals surface area contributed by atoms with Crippen LogP contribution in [0.5, 0.6) is 0 Å². The van der Waals surface area contributed by atoms with Crippen LogP contribution in [0, 0.1) is 0 Å². The van der Waals surface area contributed by atoms with Crippen LogP contribution in [0.15, 0.2) is 127 Å². The monoisotopic (exact) mass is 901 g/mol. The Bertz CT molecular complexity index is 2480. The molecule has 3 heterocycles. The SMILES string of the molecule is CC(=O)O[C@H]1C(=O)Nc2ccc(cc2)C[C@@H](C(=O)O)NC(=O)[C@@H](Cc2ccccc2)NC(=O)[C@H](Cc2ccc(-c3ccccc3)cc2)NC(=O)[C@@H](Cc2cccs2)NC(=O)[C@@H]1OC(C)=O. The summed E-state index contributed by atoms with van der Waals surface area (Å²) in [5, 5.41) is 25.1. The van der Waals surface area contributed by atoms with Crippen LogP contribution in [0.1, 0.15) is 35.4 Å². The van der Waals surface area contributed by atoms with Gasteiger partial charge in [0.2, 0.25) is 29.9 Å². The van der Waals surface area contributed by atoms with E-state index in [1.807, 2.05) is 42.5 Å². The third-order valence-electron chi connectivity index (χ3n) is 10.3. The Morgan fingerprint density at radius 2 is 1.05 bits per heavy atom. The number of carboxylic acids is 1. The first kappa shape index (κ1) is 46.8. The number of thiophene rings is 1. The molecule has 4 aromatic carbocycles. The summed E-state index contributed by atoms with van der Waals surface area (Å²) in [6.07, 6.45) is -4.66. The van der Waals surface area contributed by atoms with Crippen LogP contribution in [0.4, 0.5) is 5.69 Å². The number of hydrogen-bond acceptors (Lipinski definition) is 11. The van der Waals surface area contributed by atoms with Gasteiger partial charge in [0.25, 0.3) is 11.8 Å². The highest BCUT2D eigenvalue weighted by Gasteiger charge is 2.41. The lowest BCUT2D eigenvalue weighted by atomic mass is 9.99. The van der Waals surface area contributed by atoms with Gasteiger partial charge < -0.3 is 41.2 Å². The first-order valence-corrected chi connectivity index (χ1v) is 21.5. The van der Waals surface area contributed by atoms with Crippen LogP contribution in [0.3, 0.4) is 0 Å². The summed E-state index contributed by atoms with van der Waals surface area (Å²) in [5.74, 6) is -8.10. The van der Waals surface area contributed by atoms with Gasteiger partial charge in [-0.1, -0.05) is 103 Å². The second-order valence-electron chi connectivity index (χ2n) is 15.3. The summed E-state index contributed by atoms with van der Waals surface area (Å²) in [7, 11) is 0. The molecule has 2 aliphatic heterocycles. The molecule has 0 unspecified atom stereocenters. The minimum atomic E-state index is -2.10. The molecule has 0 radical (unpaired) electrons. The molecule has 2 aliphatic rings. The van der Waals surface area contributed by atoms with Gasteiger partial charge in [-0.25, -0.2) is 4.79 Å². The van der Waals surface area contributed by atoms with E-state index < -0.39 is 83.8 Å². The van der Waals surface area contributed by atoms with Crippen LogP contribution in [0.2, 0.25) is 0 Å². The minimum Gasteiger partial charge on any atom is -0.480 e. The number of carboxylic acid groups (broad SMARTS) is 1. The van der Waals surface area contributed by atoms with Crippen molar-refractivity contribution in [3.8, 4) is 11.1 Å². The summed E-state index contributed by atoms with van der Waals surface area (Å²) in [5.41, 5.74) is 3.65. The Balaban J connectivity index is 1.42. The zero-order valence-electron chi connectivity index (χ0n) is 35.4. The quantitative estimate of drug-likeness (QED) is 0.0877. The first-order valence-electron chi connectivity index (χ1n) is 20.6. The smallest absolute Gasteiger partial charge is 0.326 e. The number of hydrogen-bond donors (Lipinski definition) is 6. The number of anilines is 1. The van der Waals surface area contributed by atoms with Gasteiger partial charge in [0.1, 0.15) is 24.2 Å². The molecule has 0 saturated carbocycles. The molecule has 6 atom stereocenters. The molecule has 336 valence electrons. The maximum Gasteiger partial charge on any atom is 0.326 e. The first-order chi connectivity index (χ1) is 31.2. The zero-order chi connectivity index (χ0) is 46.5. The lowest BCUT2D eigenvalue weighted by Gasteiger charge is -2.28. The van der Waals surface area contributed by atoms with E-state index in [1.54, 1.807) is 60.0 Å². The van der Waals surface area contributed by atoms with Gasteiger partial charge in [0, 0.05) is 50.1 Å². The molecule has 65 heavy (non-hydrogen) atoms. The molecule has 0 aliphatic carbocycles. The van der Waals surface area contributed by atoms with Crippen molar-refractivity contribution in [1.82, 2.24) is 21.3 Å². The fourth-order valence-corrected chi connectivity index (χ4v) is 7.87. The number of aliphatic carboxylic acids is 1. The fourth-order valence-electron chi connectivity index (χ4n) is 7.11. The van der Waals surface area contributed by atoms with Crippen molar-refractivity contribution < 1.29 is 52.9 Å². The van der Waals surface area contributed by atoms with E-state index in [0.717, 1.165) is 25.0 Å². The van der Waals surface area contributed by atoms with Crippen LogP contribution in [-0.2, 0) is 73.5 Å². The van der Waals surface area contributed by atoms with E-state index in [9.17, 15) is 43.5 Å². The van der Waals surface area contributed by atoms with E-state index in [4.69, 9.17) is 9.47 Å². The van der Waals surface area contributed by atoms with Crippen molar-refractivity contribution in [2.24, 2.45) is 0 Å². The van der Waals surface area contributed by atoms with E-state index in [1.165, 1.54) is 35.6 Å². The number of carbonyl (C=O) groups is 8. The molecule has 5 amide bonds. The summed E-state index contributed by atoms with van der Waals surface area (Å²) in [6, 6.07) is 29.2. The highest BCUT2D eigenvalue weighted by molar-refractivity contribution is 7.09. The normalized spacial score (nSPS) is 21.0. The predicted octanol–water partition coefficient (Wildman–Crippen LogP) is 3.53.